The van der Waals surface area contributed by atoms with Gasteiger partial charge in [0.1, 0.15) is 4.21 Å². The van der Waals surface area contributed by atoms with Crippen LogP contribution in [0.15, 0.2) is 21.7 Å². The average Bonchev–Trinajstić information content (AvgIpc) is 2.83. The molecule has 3 unspecified atom stereocenters. The summed E-state index contributed by atoms with van der Waals surface area (Å²) in [5, 5.41) is 4.73. The predicted octanol–water partition coefficient (Wildman–Crippen LogP) is 2.30. The van der Waals surface area contributed by atoms with E-state index >= 15 is 0 Å². The molecule has 1 aliphatic carbocycles. The van der Waals surface area contributed by atoms with Crippen LogP contribution < -0.4 is 5.32 Å². The first-order valence-electron chi connectivity index (χ1n) is 6.00. The highest BCUT2D eigenvalue weighted by molar-refractivity contribution is 7.94. The Hall–Kier alpha value is -0.390. The van der Waals surface area contributed by atoms with E-state index in [0.717, 1.165) is 19.3 Å². The Morgan fingerprint density at radius 3 is 2.76 bits per heavy atom. The summed E-state index contributed by atoms with van der Waals surface area (Å²) in [6.07, 6.45) is 2.83. The van der Waals surface area contributed by atoms with Gasteiger partial charge in [0.25, 0.3) is 0 Å². The van der Waals surface area contributed by atoms with Gasteiger partial charge in [-0.1, -0.05) is 13.0 Å². The van der Waals surface area contributed by atoms with Gasteiger partial charge in [-0.15, -0.1) is 11.3 Å². The fourth-order valence-electron chi connectivity index (χ4n) is 2.58. The molecule has 1 aromatic heterocycles. The standard InChI is InChI=1S/C12H19NO2S2/c1-9-5-6-10(13-2)11(8-9)17(14,15)12-4-3-7-16-12/h3-4,7,9-11,13H,5-6,8H2,1-2H3. The fourth-order valence-corrected chi connectivity index (χ4v) is 5.95. The van der Waals surface area contributed by atoms with Crippen molar-refractivity contribution in [1.29, 1.82) is 0 Å². The lowest BCUT2D eigenvalue weighted by Crippen LogP contribution is -2.46. The lowest BCUT2D eigenvalue weighted by Gasteiger charge is -2.33. The monoisotopic (exact) mass is 273 g/mol. The maximum absolute atomic E-state index is 12.5. The lowest BCUT2D eigenvalue weighted by atomic mass is 9.87. The van der Waals surface area contributed by atoms with Crippen LogP contribution in [0.3, 0.4) is 0 Å². The average molecular weight is 273 g/mol. The molecule has 17 heavy (non-hydrogen) atoms. The van der Waals surface area contributed by atoms with Crippen molar-refractivity contribution in [3.8, 4) is 0 Å². The van der Waals surface area contributed by atoms with Crippen LogP contribution in [0.2, 0.25) is 0 Å². The van der Waals surface area contributed by atoms with Crippen molar-refractivity contribution in [2.24, 2.45) is 5.92 Å². The molecule has 0 aromatic carbocycles. The van der Waals surface area contributed by atoms with Gasteiger partial charge in [0, 0.05) is 6.04 Å². The normalized spacial score (nSPS) is 30.4. The summed E-state index contributed by atoms with van der Waals surface area (Å²) in [7, 11) is -1.30. The van der Waals surface area contributed by atoms with Gasteiger partial charge in [-0.25, -0.2) is 8.42 Å². The second-order valence-electron chi connectivity index (χ2n) is 4.83. The third kappa shape index (κ3) is 2.56. The molecule has 1 fully saturated rings. The summed E-state index contributed by atoms with van der Waals surface area (Å²) in [6.45, 7) is 2.14. The zero-order valence-corrected chi connectivity index (χ0v) is 11.9. The first-order valence-corrected chi connectivity index (χ1v) is 8.43. The second kappa shape index (κ2) is 5.08. The minimum Gasteiger partial charge on any atom is -0.316 e. The Morgan fingerprint density at radius 2 is 2.18 bits per heavy atom. The van der Waals surface area contributed by atoms with Gasteiger partial charge < -0.3 is 5.32 Å². The summed E-state index contributed by atoms with van der Waals surface area (Å²) in [5.74, 6) is 0.499. The van der Waals surface area contributed by atoms with E-state index < -0.39 is 9.84 Å². The van der Waals surface area contributed by atoms with Crippen LogP contribution in [-0.4, -0.2) is 26.8 Å². The maximum Gasteiger partial charge on any atom is 0.192 e. The quantitative estimate of drug-likeness (QED) is 0.919. The molecule has 3 nitrogen and oxygen atoms in total. The molecule has 1 saturated carbocycles. The van der Waals surface area contributed by atoms with Crippen molar-refractivity contribution >= 4 is 21.2 Å². The Kier molecular flexibility index (Phi) is 3.90. The highest BCUT2D eigenvalue weighted by atomic mass is 32.2. The van der Waals surface area contributed by atoms with Crippen molar-refractivity contribution in [3.05, 3.63) is 17.5 Å². The SMILES string of the molecule is CNC1CCC(C)CC1S(=O)(=O)c1cccs1. The van der Waals surface area contributed by atoms with Crippen molar-refractivity contribution in [2.75, 3.05) is 7.05 Å². The molecule has 0 bridgehead atoms. The third-order valence-corrected chi connectivity index (χ3v) is 7.26. The number of nitrogens with one attached hydrogen (secondary N) is 1. The third-order valence-electron chi connectivity index (χ3n) is 3.60. The highest BCUT2D eigenvalue weighted by Gasteiger charge is 2.38. The van der Waals surface area contributed by atoms with E-state index in [1.54, 1.807) is 12.1 Å². The molecular formula is C12H19NO2S2. The molecule has 3 atom stereocenters. The molecule has 96 valence electrons. The fraction of sp³-hybridized carbons (Fsp3) is 0.667. The molecule has 0 amide bonds. The zero-order chi connectivity index (χ0) is 12.5. The number of hydrogen-bond donors (Lipinski definition) is 1. The van der Waals surface area contributed by atoms with Crippen LogP contribution in [0, 0.1) is 5.92 Å². The molecule has 5 heteroatoms. The highest BCUT2D eigenvalue weighted by Crippen LogP contribution is 2.33. The number of rotatable bonds is 3. The van der Waals surface area contributed by atoms with E-state index in [2.05, 4.69) is 12.2 Å². The Balaban J connectivity index is 2.30. The first-order chi connectivity index (χ1) is 8.05. The Bertz CT molecular complexity index is 453. The summed E-state index contributed by atoms with van der Waals surface area (Å²) in [6, 6.07) is 3.61. The summed E-state index contributed by atoms with van der Waals surface area (Å²) in [5.41, 5.74) is 0. The molecule has 1 heterocycles. The Morgan fingerprint density at radius 1 is 1.41 bits per heavy atom. The minimum atomic E-state index is -3.16. The zero-order valence-electron chi connectivity index (χ0n) is 10.2. The summed E-state index contributed by atoms with van der Waals surface area (Å²) >= 11 is 1.32. The summed E-state index contributed by atoms with van der Waals surface area (Å²) < 4.78 is 25.6. The molecule has 0 radical (unpaired) electrons. The topological polar surface area (TPSA) is 46.2 Å². The maximum atomic E-state index is 12.5. The van der Waals surface area contributed by atoms with Crippen LogP contribution >= 0.6 is 11.3 Å². The van der Waals surface area contributed by atoms with Crippen molar-refractivity contribution in [1.82, 2.24) is 5.32 Å². The van der Waals surface area contributed by atoms with Gasteiger partial charge in [-0.2, -0.15) is 0 Å². The van der Waals surface area contributed by atoms with E-state index in [-0.39, 0.29) is 11.3 Å². The molecule has 1 N–H and O–H groups in total. The van der Waals surface area contributed by atoms with E-state index in [1.807, 2.05) is 12.4 Å². The van der Waals surface area contributed by atoms with Crippen molar-refractivity contribution in [3.63, 3.8) is 0 Å². The lowest BCUT2D eigenvalue weighted by molar-refractivity contribution is 0.319. The smallest absolute Gasteiger partial charge is 0.192 e. The molecule has 0 aliphatic heterocycles. The van der Waals surface area contributed by atoms with Crippen LogP contribution in [-0.2, 0) is 9.84 Å². The molecular weight excluding hydrogens is 254 g/mol. The largest absolute Gasteiger partial charge is 0.316 e. The molecule has 0 spiro atoms. The first kappa shape index (κ1) is 13.1. The Labute approximate surface area is 107 Å². The van der Waals surface area contributed by atoms with E-state index in [9.17, 15) is 8.42 Å². The van der Waals surface area contributed by atoms with Gasteiger partial charge in [0.2, 0.25) is 0 Å². The van der Waals surface area contributed by atoms with Crippen LogP contribution in [0.25, 0.3) is 0 Å². The van der Waals surface area contributed by atoms with E-state index in [1.165, 1.54) is 11.3 Å². The molecule has 1 aliphatic rings. The van der Waals surface area contributed by atoms with Crippen molar-refractivity contribution in [2.45, 2.75) is 41.7 Å². The molecule has 1 aromatic rings. The van der Waals surface area contributed by atoms with Crippen LogP contribution in [0.1, 0.15) is 26.2 Å². The van der Waals surface area contributed by atoms with Gasteiger partial charge in [0.05, 0.1) is 5.25 Å². The molecule has 0 saturated heterocycles. The second-order valence-corrected chi connectivity index (χ2v) is 8.17. The van der Waals surface area contributed by atoms with Gasteiger partial charge in [-0.05, 0) is 43.7 Å². The number of thiophene rings is 1. The van der Waals surface area contributed by atoms with E-state index in [0.29, 0.717) is 10.1 Å². The van der Waals surface area contributed by atoms with Crippen LogP contribution in [0.4, 0.5) is 0 Å². The van der Waals surface area contributed by atoms with Crippen molar-refractivity contribution < 1.29 is 8.42 Å². The van der Waals surface area contributed by atoms with E-state index in [4.69, 9.17) is 0 Å². The number of sulfone groups is 1. The summed E-state index contributed by atoms with van der Waals surface area (Å²) in [4.78, 5) is 0. The number of hydrogen-bond acceptors (Lipinski definition) is 4. The molecule has 2 rings (SSSR count). The van der Waals surface area contributed by atoms with Gasteiger partial charge in [0.15, 0.2) is 9.84 Å². The van der Waals surface area contributed by atoms with Gasteiger partial charge >= 0.3 is 0 Å². The van der Waals surface area contributed by atoms with Crippen LogP contribution in [0.5, 0.6) is 0 Å². The predicted molar refractivity (Wildman–Crippen MR) is 71.2 cm³/mol. The van der Waals surface area contributed by atoms with Gasteiger partial charge in [-0.3, -0.25) is 0 Å². The minimum absolute atomic E-state index is 0.0956.